The lowest BCUT2D eigenvalue weighted by molar-refractivity contribution is -0.110. The van der Waals surface area contributed by atoms with E-state index in [4.69, 9.17) is 14.6 Å². The second-order valence-electron chi connectivity index (χ2n) is 11.7. The van der Waals surface area contributed by atoms with Gasteiger partial charge in [-0.2, -0.15) is 5.10 Å². The number of fused-ring (bicyclic) bond motifs is 1. The molecule has 5 rings (SSSR count). The first-order chi connectivity index (χ1) is 20.2. The molecule has 3 aromatic carbocycles. The Balaban J connectivity index is 1.42. The van der Waals surface area contributed by atoms with Crippen LogP contribution in [0.3, 0.4) is 0 Å². The summed E-state index contributed by atoms with van der Waals surface area (Å²) in [6.07, 6.45) is 0. The van der Waals surface area contributed by atoms with Gasteiger partial charge in [-0.3, -0.25) is 9.69 Å². The summed E-state index contributed by atoms with van der Waals surface area (Å²) < 4.78 is 13.3. The monoisotopic (exact) mass is 569 g/mol. The second-order valence-corrected chi connectivity index (χ2v) is 11.7. The molecular formula is C33H39N5O4. The maximum absolute atomic E-state index is 13.7. The molecule has 0 spiro atoms. The van der Waals surface area contributed by atoms with Gasteiger partial charge in [-0.1, -0.05) is 56.3 Å². The maximum atomic E-state index is 13.7. The fourth-order valence-electron chi connectivity index (χ4n) is 4.98. The normalized spacial score (nSPS) is 14.7. The summed E-state index contributed by atoms with van der Waals surface area (Å²) in [4.78, 5) is 16.0. The molecule has 220 valence electrons. The van der Waals surface area contributed by atoms with Crippen LogP contribution < -0.4 is 10.1 Å². The van der Waals surface area contributed by atoms with Crippen molar-refractivity contribution in [2.75, 3.05) is 44.8 Å². The van der Waals surface area contributed by atoms with Gasteiger partial charge in [-0.25, -0.2) is 4.68 Å². The highest BCUT2D eigenvalue weighted by atomic mass is 16.5. The van der Waals surface area contributed by atoms with Crippen LogP contribution >= 0.6 is 0 Å². The largest absolute Gasteiger partial charge is 0.492 e. The molecule has 1 aliphatic heterocycles. The van der Waals surface area contributed by atoms with Crippen LogP contribution in [0.4, 0.5) is 5.69 Å². The standard InChI is InChI=1S/C33H39N5O4/c1-22-10-11-24(20-23(22)2)38-28(21-30(35-38)33(3,4)5)31(36-40)32(39)34-27-12-13-29(26-9-7-6-8-25(26)27)42-19-16-37-14-17-41-18-15-37/h6-13,20-21,40H,14-19H2,1-5H3,(H,34,39). The number of carbonyl (C=O) groups is 1. The summed E-state index contributed by atoms with van der Waals surface area (Å²) in [6.45, 7) is 14.9. The highest BCUT2D eigenvalue weighted by Crippen LogP contribution is 2.32. The molecule has 9 heteroatoms. The van der Waals surface area contributed by atoms with Crippen molar-refractivity contribution in [2.24, 2.45) is 5.16 Å². The Bertz CT molecular complexity index is 1610. The molecule has 2 heterocycles. The topological polar surface area (TPSA) is 101 Å². The lowest BCUT2D eigenvalue weighted by atomic mass is 9.92. The van der Waals surface area contributed by atoms with E-state index >= 15 is 0 Å². The first-order valence-electron chi connectivity index (χ1n) is 14.3. The molecule has 1 aromatic heterocycles. The molecular weight excluding hydrogens is 530 g/mol. The van der Waals surface area contributed by atoms with Crippen molar-refractivity contribution >= 4 is 28.1 Å². The van der Waals surface area contributed by atoms with Gasteiger partial charge in [0.05, 0.1) is 24.6 Å². The zero-order valence-electron chi connectivity index (χ0n) is 25.0. The number of rotatable bonds is 8. The number of aromatic nitrogens is 2. The van der Waals surface area contributed by atoms with Crippen molar-refractivity contribution in [3.63, 3.8) is 0 Å². The van der Waals surface area contributed by atoms with Crippen LogP contribution in [0.1, 0.15) is 43.3 Å². The van der Waals surface area contributed by atoms with Gasteiger partial charge < -0.3 is 20.0 Å². The average molecular weight is 570 g/mol. The van der Waals surface area contributed by atoms with Gasteiger partial charge in [0.25, 0.3) is 5.91 Å². The number of oxime groups is 1. The van der Waals surface area contributed by atoms with Crippen LogP contribution in [0.15, 0.2) is 65.8 Å². The number of ether oxygens (including phenoxy) is 2. The molecule has 0 saturated carbocycles. The fourth-order valence-corrected chi connectivity index (χ4v) is 4.98. The van der Waals surface area contributed by atoms with Crippen molar-refractivity contribution in [1.29, 1.82) is 0 Å². The van der Waals surface area contributed by atoms with E-state index in [0.29, 0.717) is 18.0 Å². The smallest absolute Gasteiger partial charge is 0.279 e. The van der Waals surface area contributed by atoms with Gasteiger partial charge in [-0.05, 0) is 55.3 Å². The van der Waals surface area contributed by atoms with Gasteiger partial charge in [0.2, 0.25) is 0 Å². The van der Waals surface area contributed by atoms with E-state index in [2.05, 4.69) is 36.1 Å². The predicted octanol–water partition coefficient (Wildman–Crippen LogP) is 5.47. The van der Waals surface area contributed by atoms with E-state index in [9.17, 15) is 10.0 Å². The van der Waals surface area contributed by atoms with Crippen molar-refractivity contribution in [1.82, 2.24) is 14.7 Å². The van der Waals surface area contributed by atoms with E-state index < -0.39 is 5.91 Å². The molecule has 9 nitrogen and oxygen atoms in total. The summed E-state index contributed by atoms with van der Waals surface area (Å²) in [5.74, 6) is 0.199. The molecule has 0 aliphatic carbocycles. The highest BCUT2D eigenvalue weighted by molar-refractivity contribution is 6.48. The molecule has 42 heavy (non-hydrogen) atoms. The SMILES string of the molecule is Cc1ccc(-n2nc(C(C)(C)C)cc2C(=NO)C(=O)Nc2ccc(OCCN3CCOCC3)c3ccccc23)cc1C. The molecule has 1 aliphatic rings. The summed E-state index contributed by atoms with van der Waals surface area (Å²) in [5, 5.41) is 23.1. The molecule has 0 atom stereocenters. The highest BCUT2D eigenvalue weighted by Gasteiger charge is 2.27. The quantitative estimate of drug-likeness (QED) is 0.166. The van der Waals surface area contributed by atoms with Gasteiger partial charge in [0, 0.05) is 41.5 Å². The number of nitrogens with one attached hydrogen (secondary N) is 1. The van der Waals surface area contributed by atoms with Gasteiger partial charge in [0.15, 0.2) is 5.71 Å². The minimum Gasteiger partial charge on any atom is -0.492 e. The first kappa shape index (κ1) is 29.3. The van der Waals surface area contributed by atoms with Gasteiger partial charge >= 0.3 is 0 Å². The molecule has 4 aromatic rings. The Labute approximate surface area is 246 Å². The Morgan fingerprint density at radius 2 is 1.76 bits per heavy atom. The number of morpholine rings is 1. The van der Waals surface area contributed by atoms with Crippen molar-refractivity contribution in [3.05, 3.63) is 83.2 Å². The second kappa shape index (κ2) is 12.3. The molecule has 0 unspecified atom stereocenters. The molecule has 1 fully saturated rings. The van der Waals surface area contributed by atoms with Gasteiger partial charge in [-0.15, -0.1) is 0 Å². The number of nitrogens with zero attached hydrogens (tertiary/aromatic N) is 4. The minimum atomic E-state index is -0.547. The van der Waals surface area contributed by atoms with E-state index in [1.165, 1.54) is 0 Å². The van der Waals surface area contributed by atoms with Crippen molar-refractivity contribution in [2.45, 2.75) is 40.0 Å². The van der Waals surface area contributed by atoms with E-state index in [1.54, 1.807) is 4.68 Å². The third kappa shape index (κ3) is 6.32. The van der Waals surface area contributed by atoms with Crippen LogP contribution in [0.2, 0.25) is 0 Å². The van der Waals surface area contributed by atoms with E-state index in [-0.39, 0.29) is 11.1 Å². The fraction of sp³-hybridized carbons (Fsp3) is 0.364. The predicted molar refractivity (Wildman–Crippen MR) is 165 cm³/mol. The summed E-state index contributed by atoms with van der Waals surface area (Å²) in [7, 11) is 0. The molecule has 0 bridgehead atoms. The third-order valence-electron chi connectivity index (χ3n) is 7.67. The Kier molecular flexibility index (Phi) is 8.61. The molecule has 1 amide bonds. The minimum absolute atomic E-state index is 0.133. The van der Waals surface area contributed by atoms with Crippen LogP contribution in [-0.4, -0.2) is 71.0 Å². The Morgan fingerprint density at radius 1 is 1.02 bits per heavy atom. The average Bonchev–Trinajstić information content (AvgIpc) is 3.42. The zero-order chi connectivity index (χ0) is 29.9. The van der Waals surface area contributed by atoms with Crippen molar-refractivity contribution < 1.29 is 19.5 Å². The summed E-state index contributed by atoms with van der Waals surface area (Å²) in [5.41, 5.74) is 4.36. The van der Waals surface area contributed by atoms with Gasteiger partial charge in [0.1, 0.15) is 18.1 Å². The number of amides is 1. The Hall–Kier alpha value is -4.21. The van der Waals surface area contributed by atoms with Crippen LogP contribution in [-0.2, 0) is 14.9 Å². The maximum Gasteiger partial charge on any atom is 0.279 e. The van der Waals surface area contributed by atoms with Crippen molar-refractivity contribution in [3.8, 4) is 11.4 Å². The number of carbonyl (C=O) groups excluding carboxylic acids is 1. The lowest BCUT2D eigenvalue weighted by Crippen LogP contribution is -2.38. The Morgan fingerprint density at radius 3 is 2.45 bits per heavy atom. The molecule has 1 saturated heterocycles. The van der Waals surface area contributed by atoms with Crippen LogP contribution in [0.5, 0.6) is 5.75 Å². The van der Waals surface area contributed by atoms with Crippen LogP contribution in [0.25, 0.3) is 16.5 Å². The lowest BCUT2D eigenvalue weighted by Gasteiger charge is -2.26. The zero-order valence-corrected chi connectivity index (χ0v) is 25.0. The van der Waals surface area contributed by atoms with E-state index in [0.717, 1.165) is 71.9 Å². The number of aryl methyl sites for hydroxylation is 2. The number of hydrogen-bond acceptors (Lipinski definition) is 7. The first-order valence-corrected chi connectivity index (χ1v) is 14.3. The summed E-state index contributed by atoms with van der Waals surface area (Å²) in [6, 6.07) is 19.2. The van der Waals surface area contributed by atoms with Crippen LogP contribution in [0, 0.1) is 13.8 Å². The summed E-state index contributed by atoms with van der Waals surface area (Å²) >= 11 is 0. The third-order valence-corrected chi connectivity index (χ3v) is 7.67. The number of benzene rings is 3. The molecule has 2 N–H and O–H groups in total. The van der Waals surface area contributed by atoms with E-state index in [1.807, 2.05) is 74.5 Å². The molecule has 0 radical (unpaired) electrons. The number of anilines is 1. The number of hydrogen-bond donors (Lipinski definition) is 2.